The summed E-state index contributed by atoms with van der Waals surface area (Å²) in [6.07, 6.45) is 8.71. The van der Waals surface area contributed by atoms with Gasteiger partial charge in [-0.1, -0.05) is 33.1 Å². The molecule has 0 aromatic rings. The summed E-state index contributed by atoms with van der Waals surface area (Å²) in [6, 6.07) is 0.797. The molecule has 1 nitrogen and oxygen atoms in total. The molecule has 2 heteroatoms. The van der Waals surface area contributed by atoms with Crippen molar-refractivity contribution in [3.8, 4) is 0 Å². The summed E-state index contributed by atoms with van der Waals surface area (Å²) in [4.78, 5) is 0. The largest absolute Gasteiger partial charge is 0.313 e. The zero-order valence-corrected chi connectivity index (χ0v) is 11.7. The van der Waals surface area contributed by atoms with Gasteiger partial charge in [-0.15, -0.1) is 0 Å². The number of rotatable bonds is 4. The molecule has 0 aromatic carbocycles. The maximum Gasteiger partial charge on any atom is 0.0191 e. The summed E-state index contributed by atoms with van der Waals surface area (Å²) in [6.45, 7) is 6.06. The van der Waals surface area contributed by atoms with Crippen molar-refractivity contribution < 1.29 is 0 Å². The molecule has 2 rings (SSSR count). The Morgan fingerprint density at radius 3 is 2.75 bits per heavy atom. The van der Waals surface area contributed by atoms with Gasteiger partial charge in [-0.3, -0.25) is 0 Å². The van der Waals surface area contributed by atoms with Gasteiger partial charge in [0.25, 0.3) is 0 Å². The van der Waals surface area contributed by atoms with E-state index in [1.54, 1.807) is 0 Å². The van der Waals surface area contributed by atoms with Crippen molar-refractivity contribution in [2.75, 3.05) is 12.3 Å². The van der Waals surface area contributed by atoms with E-state index in [2.05, 4.69) is 30.9 Å². The Labute approximate surface area is 105 Å². The van der Waals surface area contributed by atoms with E-state index in [9.17, 15) is 0 Å². The van der Waals surface area contributed by atoms with Gasteiger partial charge in [-0.2, -0.15) is 11.8 Å². The highest BCUT2D eigenvalue weighted by molar-refractivity contribution is 8.00. The van der Waals surface area contributed by atoms with Gasteiger partial charge in [0, 0.05) is 11.3 Å². The fraction of sp³-hybridized carbons (Fsp3) is 1.00. The molecule has 94 valence electrons. The normalized spacial score (nSPS) is 40.1. The maximum atomic E-state index is 3.77. The van der Waals surface area contributed by atoms with E-state index in [0.29, 0.717) is 0 Å². The molecule has 2 fully saturated rings. The van der Waals surface area contributed by atoms with Crippen LogP contribution in [0.3, 0.4) is 0 Å². The topological polar surface area (TPSA) is 12.0 Å². The first kappa shape index (κ1) is 12.8. The molecule has 0 amide bonds. The zero-order valence-electron chi connectivity index (χ0n) is 10.9. The van der Waals surface area contributed by atoms with Gasteiger partial charge in [-0.05, 0) is 43.4 Å². The molecule has 4 unspecified atom stereocenters. The van der Waals surface area contributed by atoms with Gasteiger partial charge in [0.2, 0.25) is 0 Å². The van der Waals surface area contributed by atoms with Crippen LogP contribution < -0.4 is 5.32 Å². The molecule has 0 aromatic heterocycles. The third-order valence-electron chi connectivity index (χ3n) is 4.38. The van der Waals surface area contributed by atoms with E-state index < -0.39 is 0 Å². The second-order valence-corrected chi connectivity index (χ2v) is 7.34. The minimum Gasteiger partial charge on any atom is -0.313 e. The van der Waals surface area contributed by atoms with Crippen LogP contribution in [0.2, 0.25) is 0 Å². The number of nitrogens with one attached hydrogen (secondary N) is 1. The first-order valence-electron chi connectivity index (χ1n) is 7.10. The van der Waals surface area contributed by atoms with Gasteiger partial charge in [0.15, 0.2) is 0 Å². The summed E-state index contributed by atoms with van der Waals surface area (Å²) in [5, 5.41) is 4.61. The van der Waals surface area contributed by atoms with Crippen molar-refractivity contribution in [1.29, 1.82) is 0 Å². The molecule has 0 radical (unpaired) electrons. The second-order valence-electron chi connectivity index (χ2n) is 5.85. The van der Waals surface area contributed by atoms with Crippen LogP contribution in [0.1, 0.15) is 52.4 Å². The monoisotopic (exact) mass is 241 g/mol. The van der Waals surface area contributed by atoms with Crippen molar-refractivity contribution in [2.45, 2.75) is 63.7 Å². The van der Waals surface area contributed by atoms with Crippen LogP contribution in [0, 0.1) is 11.8 Å². The van der Waals surface area contributed by atoms with E-state index in [1.807, 2.05) is 0 Å². The first-order chi connectivity index (χ1) is 7.75. The fourth-order valence-corrected chi connectivity index (χ4v) is 4.52. The average molecular weight is 241 g/mol. The molecular weight excluding hydrogens is 214 g/mol. The average Bonchev–Trinajstić information content (AvgIpc) is 2.65. The summed E-state index contributed by atoms with van der Waals surface area (Å²) in [5.74, 6) is 3.36. The Bertz CT molecular complexity index is 207. The highest BCUT2D eigenvalue weighted by Crippen LogP contribution is 2.31. The van der Waals surface area contributed by atoms with Gasteiger partial charge in [0.05, 0.1) is 0 Å². The van der Waals surface area contributed by atoms with E-state index in [1.165, 1.54) is 50.8 Å². The molecule has 16 heavy (non-hydrogen) atoms. The SMILES string of the molecule is CC1CCCC(CCNC2CCSC2C)C1. The molecule has 1 aliphatic heterocycles. The van der Waals surface area contributed by atoms with E-state index >= 15 is 0 Å². The highest BCUT2D eigenvalue weighted by atomic mass is 32.2. The Morgan fingerprint density at radius 1 is 1.19 bits per heavy atom. The highest BCUT2D eigenvalue weighted by Gasteiger charge is 2.24. The van der Waals surface area contributed by atoms with Crippen LogP contribution in [-0.4, -0.2) is 23.6 Å². The van der Waals surface area contributed by atoms with Gasteiger partial charge >= 0.3 is 0 Å². The number of hydrogen-bond donors (Lipinski definition) is 1. The maximum absolute atomic E-state index is 3.77. The van der Waals surface area contributed by atoms with E-state index in [-0.39, 0.29) is 0 Å². The molecule has 1 aliphatic carbocycles. The molecule has 2 aliphatic rings. The molecule has 1 N–H and O–H groups in total. The van der Waals surface area contributed by atoms with Crippen LogP contribution in [0.4, 0.5) is 0 Å². The van der Waals surface area contributed by atoms with Crippen LogP contribution in [0.25, 0.3) is 0 Å². The molecule has 1 heterocycles. The van der Waals surface area contributed by atoms with Crippen molar-refractivity contribution in [1.82, 2.24) is 5.32 Å². The minimum atomic E-state index is 0.797. The molecule has 4 atom stereocenters. The van der Waals surface area contributed by atoms with Gasteiger partial charge < -0.3 is 5.32 Å². The lowest BCUT2D eigenvalue weighted by Crippen LogP contribution is -2.35. The van der Waals surface area contributed by atoms with Crippen molar-refractivity contribution in [3.63, 3.8) is 0 Å². The van der Waals surface area contributed by atoms with E-state index in [0.717, 1.165) is 23.1 Å². The van der Waals surface area contributed by atoms with Crippen molar-refractivity contribution in [2.24, 2.45) is 11.8 Å². The van der Waals surface area contributed by atoms with Crippen LogP contribution in [-0.2, 0) is 0 Å². The summed E-state index contributed by atoms with van der Waals surface area (Å²) < 4.78 is 0. The predicted molar refractivity (Wildman–Crippen MR) is 74.1 cm³/mol. The molecule has 0 bridgehead atoms. The van der Waals surface area contributed by atoms with Crippen molar-refractivity contribution in [3.05, 3.63) is 0 Å². The van der Waals surface area contributed by atoms with Crippen molar-refractivity contribution >= 4 is 11.8 Å². The lowest BCUT2D eigenvalue weighted by Gasteiger charge is -2.27. The van der Waals surface area contributed by atoms with Crippen LogP contribution in [0.5, 0.6) is 0 Å². The summed E-state index contributed by atoms with van der Waals surface area (Å²) >= 11 is 2.13. The fourth-order valence-electron chi connectivity index (χ4n) is 3.29. The lowest BCUT2D eigenvalue weighted by molar-refractivity contribution is 0.265. The Hall–Kier alpha value is 0.310. The standard InChI is InChI=1S/C14H27NS/c1-11-4-3-5-13(10-11)6-8-15-14-7-9-16-12(14)2/h11-15H,3-10H2,1-2H3. The van der Waals surface area contributed by atoms with Gasteiger partial charge in [0.1, 0.15) is 0 Å². The third-order valence-corrected chi connectivity index (χ3v) is 5.71. The lowest BCUT2D eigenvalue weighted by atomic mass is 9.81. The quantitative estimate of drug-likeness (QED) is 0.805. The zero-order chi connectivity index (χ0) is 11.4. The smallest absolute Gasteiger partial charge is 0.0191 e. The Kier molecular flexibility index (Phi) is 5.02. The summed E-state index contributed by atoms with van der Waals surface area (Å²) in [5.41, 5.74) is 0. The third kappa shape index (κ3) is 3.66. The molecule has 1 saturated heterocycles. The Morgan fingerprint density at radius 2 is 2.06 bits per heavy atom. The first-order valence-corrected chi connectivity index (χ1v) is 8.15. The molecular formula is C14H27NS. The van der Waals surface area contributed by atoms with Gasteiger partial charge in [-0.25, -0.2) is 0 Å². The predicted octanol–water partition coefficient (Wildman–Crippen LogP) is 3.69. The number of hydrogen-bond acceptors (Lipinski definition) is 2. The molecule has 0 spiro atoms. The van der Waals surface area contributed by atoms with Crippen LogP contribution in [0.15, 0.2) is 0 Å². The second kappa shape index (κ2) is 6.30. The molecule has 1 saturated carbocycles. The number of thioether (sulfide) groups is 1. The summed E-state index contributed by atoms with van der Waals surface area (Å²) in [7, 11) is 0. The Balaban J connectivity index is 1.60. The van der Waals surface area contributed by atoms with E-state index in [4.69, 9.17) is 0 Å². The minimum absolute atomic E-state index is 0.797. The van der Waals surface area contributed by atoms with Crippen LogP contribution >= 0.6 is 11.8 Å².